The van der Waals surface area contributed by atoms with Gasteiger partial charge in [-0.3, -0.25) is 4.99 Å². The predicted octanol–water partition coefficient (Wildman–Crippen LogP) is 12.7. The fraction of sp³-hybridized carbons (Fsp3) is 0.113. The molecule has 11 rings (SSSR count). The van der Waals surface area contributed by atoms with Gasteiger partial charge in [-0.15, -0.1) is 0 Å². The Bertz CT molecular complexity index is 2840. The van der Waals surface area contributed by atoms with Crippen LogP contribution in [0.1, 0.15) is 69.7 Å². The Morgan fingerprint density at radius 1 is 0.709 bits per heavy atom. The number of hydrogen-bond acceptors (Lipinski definition) is 2. The first-order chi connectivity index (χ1) is 27.2. The van der Waals surface area contributed by atoms with E-state index < -0.39 is 5.41 Å². The van der Waals surface area contributed by atoms with Crippen molar-refractivity contribution >= 4 is 39.5 Å². The van der Waals surface area contributed by atoms with Crippen molar-refractivity contribution in [3.8, 4) is 22.3 Å². The Balaban J connectivity index is 1.03. The van der Waals surface area contributed by atoms with Gasteiger partial charge in [-0.1, -0.05) is 152 Å². The van der Waals surface area contributed by atoms with Gasteiger partial charge in [0.15, 0.2) is 0 Å². The minimum absolute atomic E-state index is 0.322. The summed E-state index contributed by atoms with van der Waals surface area (Å²) in [5.74, 6) is 0.322. The molecule has 1 atom stereocenters. The molecule has 0 radical (unpaired) electrons. The maximum atomic E-state index is 5.92. The first-order valence-corrected chi connectivity index (χ1v) is 19.6. The highest BCUT2D eigenvalue weighted by Gasteiger charge is 2.53. The SMILES string of the molecule is N/C=C(\N=CCC1=CCC(c2ccc3cc4c(cc3c2)C2(c3ccccc3-c3ccccc32)c2c3c(c5ccccc5c2-4)CCC=C3)C=C1)c1ccccc1. The molecule has 0 saturated carbocycles. The second-order valence-electron chi connectivity index (χ2n) is 15.4. The van der Waals surface area contributed by atoms with E-state index in [1.165, 1.54) is 88.3 Å². The summed E-state index contributed by atoms with van der Waals surface area (Å²) in [6.45, 7) is 0. The summed E-state index contributed by atoms with van der Waals surface area (Å²) in [4.78, 5) is 4.69. The van der Waals surface area contributed by atoms with Gasteiger partial charge >= 0.3 is 0 Å². The molecule has 2 nitrogen and oxygen atoms in total. The van der Waals surface area contributed by atoms with Crippen molar-refractivity contribution in [1.82, 2.24) is 0 Å². The molecular weight excluding hydrogens is 665 g/mol. The van der Waals surface area contributed by atoms with Crippen molar-refractivity contribution < 1.29 is 0 Å². The van der Waals surface area contributed by atoms with Gasteiger partial charge in [-0.05, 0) is 120 Å². The number of benzene rings is 7. The second-order valence-corrected chi connectivity index (χ2v) is 15.4. The van der Waals surface area contributed by atoms with Crippen molar-refractivity contribution in [2.45, 2.75) is 37.0 Å². The van der Waals surface area contributed by atoms with E-state index in [4.69, 9.17) is 10.7 Å². The van der Waals surface area contributed by atoms with E-state index in [1.54, 1.807) is 6.20 Å². The number of allylic oxidation sites excluding steroid dienone is 5. The monoisotopic (exact) mass is 704 g/mol. The van der Waals surface area contributed by atoms with Gasteiger partial charge in [0.25, 0.3) is 0 Å². The molecule has 0 fully saturated rings. The van der Waals surface area contributed by atoms with Gasteiger partial charge in [0.05, 0.1) is 11.1 Å². The lowest BCUT2D eigenvalue weighted by Crippen LogP contribution is -2.27. The van der Waals surface area contributed by atoms with E-state index in [9.17, 15) is 0 Å². The number of rotatable bonds is 5. The molecule has 0 aliphatic heterocycles. The highest BCUT2D eigenvalue weighted by molar-refractivity contribution is 6.11. The fourth-order valence-electron chi connectivity index (χ4n) is 10.2. The van der Waals surface area contributed by atoms with E-state index in [2.05, 4.69) is 134 Å². The van der Waals surface area contributed by atoms with Gasteiger partial charge in [-0.25, -0.2) is 0 Å². The van der Waals surface area contributed by atoms with E-state index in [-0.39, 0.29) is 0 Å². The lowest BCUT2D eigenvalue weighted by molar-refractivity contribution is 0.789. The molecule has 0 bridgehead atoms. The highest BCUT2D eigenvalue weighted by Crippen LogP contribution is 2.65. The molecule has 262 valence electrons. The molecule has 0 aromatic heterocycles. The molecule has 7 aromatic carbocycles. The van der Waals surface area contributed by atoms with Crippen molar-refractivity contribution in [3.05, 3.63) is 214 Å². The third-order valence-electron chi connectivity index (χ3n) is 12.6. The second kappa shape index (κ2) is 12.5. The molecule has 1 unspecified atom stereocenters. The minimum atomic E-state index is -0.402. The first-order valence-electron chi connectivity index (χ1n) is 19.6. The Kier molecular flexibility index (Phi) is 7.29. The third kappa shape index (κ3) is 4.71. The van der Waals surface area contributed by atoms with Crippen molar-refractivity contribution in [3.63, 3.8) is 0 Å². The standard InChI is InChI=1S/C53H40N2/c54-33-50(36-12-2-1-3-13-36)55-29-28-34-22-24-35(25-23-34)37-26-27-38-31-46-49(32-39(38)30-37)53(47-20-10-8-16-42(47)43-17-9-11-21-48(43)53)52-45-19-7-5-15-41(45)40-14-4-6-18-44(40)51(46)52/h1-4,6-14,16-24,26-27,29-33,35H,5,15,25,28,54H2/b50-33-,55-29?. The highest BCUT2D eigenvalue weighted by atomic mass is 14.8. The molecule has 1 spiro atoms. The molecule has 4 aliphatic carbocycles. The minimum Gasteiger partial charge on any atom is -0.403 e. The van der Waals surface area contributed by atoms with Crippen molar-refractivity contribution in [2.24, 2.45) is 10.7 Å². The van der Waals surface area contributed by atoms with Crippen molar-refractivity contribution in [1.29, 1.82) is 0 Å². The summed E-state index contributed by atoms with van der Waals surface area (Å²) in [6, 6.07) is 49.9. The zero-order valence-corrected chi connectivity index (χ0v) is 30.7. The van der Waals surface area contributed by atoms with Gasteiger partial charge in [0, 0.05) is 30.3 Å². The third-order valence-corrected chi connectivity index (χ3v) is 12.6. The average Bonchev–Trinajstić information content (AvgIpc) is 3.72. The van der Waals surface area contributed by atoms with E-state index in [1.807, 2.05) is 36.5 Å². The van der Waals surface area contributed by atoms with E-state index in [0.29, 0.717) is 5.92 Å². The zero-order valence-electron chi connectivity index (χ0n) is 30.7. The number of nitrogens with zero attached hydrogens (tertiary/aromatic N) is 1. The van der Waals surface area contributed by atoms with Gasteiger partial charge < -0.3 is 5.73 Å². The van der Waals surface area contributed by atoms with Gasteiger partial charge in [0.1, 0.15) is 0 Å². The summed E-state index contributed by atoms with van der Waals surface area (Å²) in [6.07, 6.45) is 19.3. The number of hydrogen-bond donors (Lipinski definition) is 1. The molecule has 55 heavy (non-hydrogen) atoms. The molecule has 7 aromatic rings. The Morgan fingerprint density at radius 2 is 1.45 bits per heavy atom. The molecule has 2 N–H and O–H groups in total. The number of aliphatic imine (C=N–C) groups is 1. The maximum Gasteiger partial charge on any atom is 0.0852 e. The molecular formula is C53H40N2. The van der Waals surface area contributed by atoms with Crippen LogP contribution >= 0.6 is 0 Å². The Morgan fingerprint density at radius 3 is 2.22 bits per heavy atom. The summed E-state index contributed by atoms with van der Waals surface area (Å²) >= 11 is 0. The quantitative estimate of drug-likeness (QED) is 0.178. The number of nitrogens with two attached hydrogens (primary N) is 1. The fourth-order valence-corrected chi connectivity index (χ4v) is 10.2. The molecule has 0 heterocycles. The topological polar surface area (TPSA) is 38.4 Å². The lowest BCUT2D eigenvalue weighted by atomic mass is 9.67. The molecule has 2 heteroatoms. The van der Waals surface area contributed by atoms with Crippen molar-refractivity contribution in [2.75, 3.05) is 0 Å². The first kappa shape index (κ1) is 32.0. The van der Waals surface area contributed by atoms with E-state index in [0.717, 1.165) is 36.9 Å². The maximum absolute atomic E-state index is 5.92. The summed E-state index contributed by atoms with van der Waals surface area (Å²) < 4.78 is 0. The van der Waals surface area contributed by atoms with Crippen LogP contribution in [-0.4, -0.2) is 6.21 Å². The predicted molar refractivity (Wildman–Crippen MR) is 231 cm³/mol. The van der Waals surface area contributed by atoms with Crippen LogP contribution in [0.25, 0.3) is 55.6 Å². The van der Waals surface area contributed by atoms with Gasteiger partial charge in [-0.2, -0.15) is 0 Å². The van der Waals surface area contributed by atoms with Crippen LogP contribution in [0, 0.1) is 0 Å². The summed E-state index contributed by atoms with van der Waals surface area (Å²) in [7, 11) is 0. The van der Waals surface area contributed by atoms with Crippen LogP contribution < -0.4 is 5.73 Å². The van der Waals surface area contributed by atoms with Gasteiger partial charge in [0.2, 0.25) is 0 Å². The van der Waals surface area contributed by atoms with Crippen LogP contribution in [0.2, 0.25) is 0 Å². The number of aryl methyl sites for hydroxylation is 1. The van der Waals surface area contributed by atoms with Crippen LogP contribution in [-0.2, 0) is 11.8 Å². The van der Waals surface area contributed by atoms with E-state index >= 15 is 0 Å². The van der Waals surface area contributed by atoms with Crippen LogP contribution in [0.3, 0.4) is 0 Å². The average molecular weight is 705 g/mol. The normalized spacial score (nSPS) is 17.3. The summed E-state index contributed by atoms with van der Waals surface area (Å²) in [5.41, 5.74) is 24.0. The number of fused-ring (bicyclic) bond motifs is 16. The summed E-state index contributed by atoms with van der Waals surface area (Å²) in [5, 5.41) is 5.36. The smallest absolute Gasteiger partial charge is 0.0852 e. The van der Waals surface area contributed by atoms with Crippen LogP contribution in [0.15, 0.2) is 175 Å². The zero-order chi connectivity index (χ0) is 36.5. The largest absolute Gasteiger partial charge is 0.403 e. The Labute approximate surface area is 322 Å². The molecule has 0 saturated heterocycles. The van der Waals surface area contributed by atoms with Crippen LogP contribution in [0.4, 0.5) is 0 Å². The Hall–Kier alpha value is -6.51. The lowest BCUT2D eigenvalue weighted by Gasteiger charge is -2.33. The molecule has 4 aliphatic rings. The molecule has 0 amide bonds. The van der Waals surface area contributed by atoms with Crippen LogP contribution in [0.5, 0.6) is 0 Å².